The predicted octanol–water partition coefficient (Wildman–Crippen LogP) is 9.14. The molecule has 0 atom stereocenters. The van der Waals surface area contributed by atoms with Gasteiger partial charge in [0.15, 0.2) is 11.5 Å². The highest BCUT2D eigenvalue weighted by atomic mass is 19.4. The minimum atomic E-state index is -4.97. The molecule has 252 valence electrons. The first-order valence-corrected chi connectivity index (χ1v) is 15.9. The molecule has 3 heterocycles. The Balaban J connectivity index is 1.39. The number of pyridine rings is 1. The monoisotopic (exact) mass is 668 g/mol. The number of fused-ring (bicyclic) bond motifs is 1. The van der Waals surface area contributed by atoms with Crippen molar-refractivity contribution in [3.63, 3.8) is 0 Å². The Morgan fingerprint density at radius 3 is 2.02 bits per heavy atom. The van der Waals surface area contributed by atoms with E-state index in [1.807, 2.05) is 50.4 Å². The third-order valence-electron chi connectivity index (χ3n) is 9.15. The molecule has 7 nitrogen and oxygen atoms in total. The molecule has 48 heavy (non-hydrogen) atoms. The van der Waals surface area contributed by atoms with E-state index in [-0.39, 0.29) is 36.6 Å². The maximum atomic E-state index is 13.8. The lowest BCUT2D eigenvalue weighted by Gasteiger charge is -2.36. The van der Waals surface area contributed by atoms with Crippen molar-refractivity contribution >= 4 is 28.4 Å². The normalized spacial score (nSPS) is 15.5. The number of anilines is 3. The summed E-state index contributed by atoms with van der Waals surface area (Å²) in [5.41, 5.74) is 0.211. The molecule has 0 radical (unpaired) electrons. The summed E-state index contributed by atoms with van der Waals surface area (Å²) in [4.78, 5) is 9.16. The number of rotatable bonds is 10. The van der Waals surface area contributed by atoms with Crippen LogP contribution in [-0.4, -0.2) is 26.0 Å². The van der Waals surface area contributed by atoms with E-state index in [2.05, 4.69) is 15.2 Å². The number of hydrogen-bond donors (Lipinski definition) is 0. The molecule has 0 bridgehead atoms. The SMILES string of the molecule is Cc1cc(N(Cc2cc(C(F)(F)F)cc(C(F)(F)F)c2)Cc2cc3c(C)nn(C)c3nc2N(c2ccccc2)C(C2CC2)C2CC2)no1. The maximum absolute atomic E-state index is 13.8. The lowest BCUT2D eigenvalue weighted by molar-refractivity contribution is -0.143. The topological polar surface area (TPSA) is 63.2 Å². The Hall–Kier alpha value is -4.55. The van der Waals surface area contributed by atoms with Gasteiger partial charge in [0, 0.05) is 48.9 Å². The van der Waals surface area contributed by atoms with Gasteiger partial charge in [-0.25, -0.2) is 4.98 Å². The average molecular weight is 669 g/mol. The highest BCUT2D eigenvalue weighted by molar-refractivity contribution is 5.83. The van der Waals surface area contributed by atoms with Crippen LogP contribution >= 0.6 is 0 Å². The number of aromatic nitrogens is 4. The number of nitrogens with zero attached hydrogens (tertiary/aromatic N) is 6. The van der Waals surface area contributed by atoms with Crippen LogP contribution in [0.25, 0.3) is 11.0 Å². The minimum absolute atomic E-state index is 0.0710. The van der Waals surface area contributed by atoms with Crippen molar-refractivity contribution in [3.8, 4) is 0 Å². The van der Waals surface area contributed by atoms with Crippen LogP contribution < -0.4 is 9.80 Å². The molecule has 7 rings (SSSR count). The van der Waals surface area contributed by atoms with Gasteiger partial charge >= 0.3 is 12.4 Å². The van der Waals surface area contributed by atoms with E-state index in [1.165, 1.54) is 0 Å². The van der Waals surface area contributed by atoms with E-state index in [4.69, 9.17) is 9.51 Å². The molecule has 5 aromatic rings. The van der Waals surface area contributed by atoms with Gasteiger partial charge in [-0.05, 0) is 93.3 Å². The van der Waals surface area contributed by atoms with Crippen molar-refractivity contribution in [1.29, 1.82) is 0 Å². The Morgan fingerprint density at radius 2 is 1.48 bits per heavy atom. The fourth-order valence-corrected chi connectivity index (χ4v) is 6.66. The van der Waals surface area contributed by atoms with Crippen LogP contribution in [0.3, 0.4) is 0 Å². The largest absolute Gasteiger partial charge is 0.416 e. The Bertz CT molecular complexity index is 1900. The molecular formula is C35H34F6N6O. The molecule has 0 amide bonds. The summed E-state index contributed by atoms with van der Waals surface area (Å²) in [7, 11) is 1.83. The first-order chi connectivity index (χ1) is 22.8. The number of alkyl halides is 6. The highest BCUT2D eigenvalue weighted by Crippen LogP contribution is 2.51. The molecule has 2 fully saturated rings. The van der Waals surface area contributed by atoms with Crippen LogP contribution in [0.15, 0.2) is 65.2 Å². The van der Waals surface area contributed by atoms with Gasteiger partial charge in [-0.3, -0.25) is 4.68 Å². The highest BCUT2D eigenvalue weighted by Gasteiger charge is 2.46. The van der Waals surface area contributed by atoms with Crippen molar-refractivity contribution in [1.82, 2.24) is 19.9 Å². The van der Waals surface area contributed by atoms with Crippen LogP contribution in [0.4, 0.5) is 43.7 Å². The lowest BCUT2D eigenvalue weighted by Crippen LogP contribution is -2.37. The van der Waals surface area contributed by atoms with Crippen LogP contribution in [0.5, 0.6) is 0 Å². The van der Waals surface area contributed by atoms with Crippen LogP contribution in [0.1, 0.15) is 59.4 Å². The van der Waals surface area contributed by atoms with E-state index in [1.54, 1.807) is 22.6 Å². The van der Waals surface area contributed by atoms with Crippen molar-refractivity contribution in [2.24, 2.45) is 18.9 Å². The van der Waals surface area contributed by atoms with E-state index >= 15 is 0 Å². The molecule has 0 N–H and O–H groups in total. The zero-order valence-electron chi connectivity index (χ0n) is 26.6. The van der Waals surface area contributed by atoms with E-state index in [9.17, 15) is 26.3 Å². The summed E-state index contributed by atoms with van der Waals surface area (Å²) in [5, 5.41) is 9.53. The zero-order valence-corrected chi connectivity index (χ0v) is 26.6. The molecule has 2 aliphatic carbocycles. The number of benzene rings is 2. The molecule has 13 heteroatoms. The molecular weight excluding hydrogens is 634 g/mol. The summed E-state index contributed by atoms with van der Waals surface area (Å²) in [6, 6.07) is 15.4. The van der Waals surface area contributed by atoms with Gasteiger partial charge in [-0.2, -0.15) is 31.4 Å². The van der Waals surface area contributed by atoms with E-state index in [0.717, 1.165) is 60.1 Å². The molecule has 2 aliphatic rings. The predicted molar refractivity (Wildman–Crippen MR) is 169 cm³/mol. The molecule has 3 aromatic heterocycles. The van der Waals surface area contributed by atoms with Crippen LogP contribution in [-0.2, 0) is 32.5 Å². The van der Waals surface area contributed by atoms with Gasteiger partial charge in [-0.1, -0.05) is 23.4 Å². The summed E-state index contributed by atoms with van der Waals surface area (Å²) >= 11 is 0. The van der Waals surface area contributed by atoms with Crippen molar-refractivity contribution < 1.29 is 30.9 Å². The van der Waals surface area contributed by atoms with Crippen molar-refractivity contribution in [2.45, 2.75) is 71.0 Å². The number of para-hydroxylation sites is 1. The fourth-order valence-electron chi connectivity index (χ4n) is 6.66. The molecule has 2 saturated carbocycles. The third kappa shape index (κ3) is 6.46. The minimum Gasteiger partial charge on any atom is -0.360 e. The summed E-state index contributed by atoms with van der Waals surface area (Å²) in [6.07, 6.45) is -5.52. The quantitative estimate of drug-likeness (QED) is 0.138. The molecule has 0 spiro atoms. The number of halogens is 6. The maximum Gasteiger partial charge on any atom is 0.416 e. The van der Waals surface area contributed by atoms with Gasteiger partial charge in [0.2, 0.25) is 0 Å². The Kier molecular flexibility index (Phi) is 7.91. The van der Waals surface area contributed by atoms with Gasteiger partial charge in [-0.15, -0.1) is 0 Å². The van der Waals surface area contributed by atoms with Gasteiger partial charge in [0.05, 0.1) is 16.8 Å². The average Bonchev–Trinajstić information content (AvgIpc) is 3.97. The van der Waals surface area contributed by atoms with Crippen LogP contribution in [0, 0.1) is 25.7 Å². The second-order valence-electron chi connectivity index (χ2n) is 13.0. The first-order valence-electron chi connectivity index (χ1n) is 15.9. The smallest absolute Gasteiger partial charge is 0.360 e. The zero-order chi connectivity index (χ0) is 34.0. The first kappa shape index (κ1) is 32.0. The molecule has 2 aromatic carbocycles. The van der Waals surface area contributed by atoms with E-state index < -0.39 is 23.5 Å². The van der Waals surface area contributed by atoms with Gasteiger partial charge < -0.3 is 14.3 Å². The molecule has 0 unspecified atom stereocenters. The number of aryl methyl sites for hydroxylation is 3. The Morgan fingerprint density at radius 1 is 0.854 bits per heavy atom. The molecule has 0 saturated heterocycles. The van der Waals surface area contributed by atoms with Gasteiger partial charge in [0.25, 0.3) is 0 Å². The second-order valence-corrected chi connectivity index (χ2v) is 13.0. The Labute approximate surface area is 273 Å². The fraction of sp³-hybridized carbons (Fsp3) is 0.400. The standard InChI is InChI=1S/C35H34F6N6O/c1-20-13-30(44-48-20)46(18-22-14-26(34(36,37)38)17-27(15-22)35(39,40)41)19-25-16-29-21(2)43-45(3)33(29)42-32(25)47(28-7-5-4-6-8-28)31(23-9-10-23)24-11-12-24/h4-8,13-17,23-24,31H,9-12,18-19H2,1-3H3. The van der Waals surface area contributed by atoms with Crippen molar-refractivity contribution in [2.75, 3.05) is 9.80 Å². The van der Waals surface area contributed by atoms with Crippen molar-refractivity contribution in [3.05, 3.63) is 94.4 Å². The summed E-state index contributed by atoms with van der Waals surface area (Å²) in [5.74, 6) is 2.36. The molecule has 0 aliphatic heterocycles. The van der Waals surface area contributed by atoms with Crippen LogP contribution in [0.2, 0.25) is 0 Å². The summed E-state index contributed by atoms with van der Waals surface area (Å²) < 4.78 is 90.0. The van der Waals surface area contributed by atoms with E-state index in [0.29, 0.717) is 29.1 Å². The number of hydrogen-bond acceptors (Lipinski definition) is 6. The lowest BCUT2D eigenvalue weighted by atomic mass is 10.0. The third-order valence-corrected chi connectivity index (χ3v) is 9.15. The van der Waals surface area contributed by atoms with Gasteiger partial charge in [0.1, 0.15) is 11.6 Å². The summed E-state index contributed by atoms with van der Waals surface area (Å²) in [6.45, 7) is 3.31. The second kappa shape index (κ2) is 11.9.